The van der Waals surface area contributed by atoms with Crippen molar-refractivity contribution in [1.29, 1.82) is 5.26 Å². The molecule has 0 spiro atoms. The Morgan fingerprint density at radius 1 is 1.32 bits per heavy atom. The minimum absolute atomic E-state index is 0.0550. The van der Waals surface area contributed by atoms with E-state index < -0.39 is 34.3 Å². The molecular formula is C16H12Cl2F3N3O. The van der Waals surface area contributed by atoms with Crippen LogP contribution in [0.25, 0.3) is 0 Å². The molecule has 0 saturated heterocycles. The maximum Gasteiger partial charge on any atom is 0.435 e. The lowest BCUT2D eigenvalue weighted by Gasteiger charge is -2.10. The van der Waals surface area contributed by atoms with Crippen molar-refractivity contribution in [2.45, 2.75) is 19.0 Å². The Morgan fingerprint density at radius 2 is 1.92 bits per heavy atom. The van der Waals surface area contributed by atoms with Crippen molar-refractivity contribution in [2.75, 3.05) is 0 Å². The summed E-state index contributed by atoms with van der Waals surface area (Å²) in [6.45, 7) is 0. The molecule has 25 heavy (non-hydrogen) atoms. The number of ketones is 1. The van der Waals surface area contributed by atoms with Gasteiger partial charge >= 0.3 is 6.18 Å². The Morgan fingerprint density at radius 3 is 2.44 bits per heavy atom. The lowest BCUT2D eigenvalue weighted by molar-refractivity contribution is -0.141. The molecule has 0 saturated carbocycles. The summed E-state index contributed by atoms with van der Waals surface area (Å²) in [4.78, 5) is 12.5. The molecule has 2 rings (SSSR count). The second-order valence-electron chi connectivity index (χ2n) is 5.35. The highest BCUT2D eigenvalue weighted by Gasteiger charge is 2.42. The molecule has 0 aliphatic rings. The van der Waals surface area contributed by atoms with Gasteiger partial charge in [-0.1, -0.05) is 35.3 Å². The van der Waals surface area contributed by atoms with E-state index in [9.17, 15) is 23.2 Å². The van der Waals surface area contributed by atoms with Gasteiger partial charge in [-0.25, -0.2) is 0 Å². The highest BCUT2D eigenvalue weighted by Crippen LogP contribution is 2.35. The number of aryl methyl sites for hydroxylation is 2. The normalized spacial score (nSPS) is 12.7. The molecule has 0 fully saturated rings. The van der Waals surface area contributed by atoms with Crippen LogP contribution in [0.15, 0.2) is 24.3 Å². The number of nitriles is 1. The Labute approximate surface area is 151 Å². The predicted molar refractivity (Wildman–Crippen MR) is 86.4 cm³/mol. The average molecular weight is 390 g/mol. The van der Waals surface area contributed by atoms with Crippen LogP contribution in [0, 0.1) is 17.2 Å². The van der Waals surface area contributed by atoms with Crippen molar-refractivity contribution in [3.05, 3.63) is 51.3 Å². The number of aromatic nitrogens is 2. The van der Waals surface area contributed by atoms with Crippen LogP contribution in [0.5, 0.6) is 0 Å². The van der Waals surface area contributed by atoms with Crippen LogP contribution in [-0.4, -0.2) is 15.6 Å². The number of halogens is 5. The summed E-state index contributed by atoms with van der Waals surface area (Å²) in [5.41, 5.74) is -1.33. The van der Waals surface area contributed by atoms with Gasteiger partial charge in [0, 0.05) is 12.1 Å². The molecule has 1 atom stereocenters. The van der Waals surface area contributed by atoms with E-state index in [1.807, 2.05) is 0 Å². The monoisotopic (exact) mass is 389 g/mol. The quantitative estimate of drug-likeness (QED) is 0.696. The number of carbonyl (C=O) groups is 1. The van der Waals surface area contributed by atoms with Crippen LogP contribution >= 0.6 is 23.2 Å². The van der Waals surface area contributed by atoms with Gasteiger partial charge in [-0.2, -0.15) is 23.5 Å². The Kier molecular flexibility index (Phi) is 5.76. The van der Waals surface area contributed by atoms with Crippen molar-refractivity contribution >= 4 is 29.0 Å². The fourth-order valence-electron chi connectivity index (χ4n) is 2.31. The Hall–Kier alpha value is -2.04. The van der Waals surface area contributed by atoms with Crippen molar-refractivity contribution in [1.82, 2.24) is 9.78 Å². The van der Waals surface area contributed by atoms with Crippen LogP contribution in [0.3, 0.4) is 0 Å². The van der Waals surface area contributed by atoms with Crippen LogP contribution in [0.4, 0.5) is 13.2 Å². The van der Waals surface area contributed by atoms with Gasteiger partial charge < -0.3 is 0 Å². The van der Waals surface area contributed by atoms with Crippen molar-refractivity contribution in [2.24, 2.45) is 13.0 Å². The maximum atomic E-state index is 13.1. The summed E-state index contributed by atoms with van der Waals surface area (Å²) >= 11 is 11.6. The summed E-state index contributed by atoms with van der Waals surface area (Å²) < 4.78 is 40.0. The van der Waals surface area contributed by atoms with Crippen LogP contribution < -0.4 is 0 Å². The lowest BCUT2D eigenvalue weighted by Crippen LogP contribution is -2.19. The molecule has 0 radical (unpaired) electrons. The topological polar surface area (TPSA) is 58.7 Å². The fraction of sp³-hybridized carbons (Fsp3) is 0.312. The minimum atomic E-state index is -4.84. The Bertz CT molecular complexity index is 823. The zero-order valence-electron chi connectivity index (χ0n) is 12.9. The van der Waals surface area contributed by atoms with E-state index >= 15 is 0 Å². The molecule has 0 N–H and O–H groups in total. The third kappa shape index (κ3) is 4.33. The van der Waals surface area contributed by atoms with E-state index in [2.05, 4.69) is 5.10 Å². The molecule has 0 aliphatic carbocycles. The third-order valence-electron chi connectivity index (χ3n) is 3.60. The minimum Gasteiger partial charge on any atom is -0.292 e. The van der Waals surface area contributed by atoms with Crippen molar-refractivity contribution < 1.29 is 18.0 Å². The molecule has 2 aromatic rings. The highest BCUT2D eigenvalue weighted by atomic mass is 35.5. The first-order valence-electron chi connectivity index (χ1n) is 7.13. The number of alkyl halides is 3. The van der Waals surface area contributed by atoms with Gasteiger partial charge in [-0.3, -0.25) is 9.48 Å². The van der Waals surface area contributed by atoms with E-state index in [1.165, 1.54) is 7.05 Å². The molecule has 1 aromatic heterocycles. The molecule has 1 heterocycles. The van der Waals surface area contributed by atoms with Crippen LogP contribution in [0.2, 0.25) is 10.2 Å². The maximum absolute atomic E-state index is 13.1. The zero-order chi connectivity index (χ0) is 18.8. The SMILES string of the molecule is Cn1nc(C(F)(F)F)c(C(=O)C(C#N)CCc2ccc(Cl)cc2)c1Cl. The number of Topliss-reactive ketones (excluding diaryl/α,β-unsaturated/α-hetero) is 1. The van der Waals surface area contributed by atoms with Gasteiger partial charge in [0.05, 0.1) is 11.6 Å². The molecule has 1 unspecified atom stereocenters. The molecular weight excluding hydrogens is 378 g/mol. The summed E-state index contributed by atoms with van der Waals surface area (Å²) in [5, 5.41) is 12.6. The van der Waals surface area contributed by atoms with Gasteiger partial charge in [0.1, 0.15) is 11.1 Å². The first-order valence-corrected chi connectivity index (χ1v) is 7.88. The van der Waals surface area contributed by atoms with Crippen molar-refractivity contribution in [3.63, 3.8) is 0 Å². The second-order valence-corrected chi connectivity index (χ2v) is 6.14. The average Bonchev–Trinajstić information content (AvgIpc) is 2.85. The van der Waals surface area contributed by atoms with E-state index in [4.69, 9.17) is 23.2 Å². The third-order valence-corrected chi connectivity index (χ3v) is 4.28. The summed E-state index contributed by atoms with van der Waals surface area (Å²) in [6, 6.07) is 8.51. The van der Waals surface area contributed by atoms with E-state index in [0.29, 0.717) is 11.4 Å². The first-order chi connectivity index (χ1) is 11.6. The molecule has 1 aromatic carbocycles. The number of carbonyl (C=O) groups excluding carboxylic acids is 1. The summed E-state index contributed by atoms with van der Waals surface area (Å²) in [6.07, 6.45) is -4.45. The molecule has 0 bridgehead atoms. The molecule has 0 aliphatic heterocycles. The van der Waals surface area contributed by atoms with Crippen LogP contribution in [0.1, 0.15) is 28.0 Å². The van der Waals surface area contributed by atoms with Crippen molar-refractivity contribution in [3.8, 4) is 6.07 Å². The highest BCUT2D eigenvalue weighted by molar-refractivity contribution is 6.33. The smallest absolute Gasteiger partial charge is 0.292 e. The number of nitrogens with zero attached hydrogens (tertiary/aromatic N) is 3. The standard InChI is InChI=1S/C16H12Cl2F3N3O/c1-24-15(18)12(14(23-24)16(19,20)21)13(25)10(8-22)5-2-9-3-6-11(17)7-4-9/h3-4,6-7,10H,2,5H2,1H3. The van der Waals surface area contributed by atoms with Gasteiger partial charge in [0.25, 0.3) is 0 Å². The lowest BCUT2D eigenvalue weighted by atomic mass is 9.93. The molecule has 9 heteroatoms. The molecule has 132 valence electrons. The summed E-state index contributed by atoms with van der Waals surface area (Å²) in [5.74, 6) is -2.25. The zero-order valence-corrected chi connectivity index (χ0v) is 14.5. The predicted octanol–water partition coefficient (Wildman–Crippen LogP) is 4.70. The molecule has 0 amide bonds. The Balaban J connectivity index is 2.26. The molecule has 4 nitrogen and oxygen atoms in total. The van der Waals surface area contributed by atoms with Gasteiger partial charge in [-0.15, -0.1) is 0 Å². The number of benzene rings is 1. The second kappa shape index (κ2) is 7.46. The number of hydrogen-bond donors (Lipinski definition) is 0. The largest absolute Gasteiger partial charge is 0.435 e. The number of rotatable bonds is 5. The van der Waals surface area contributed by atoms with Gasteiger partial charge in [0.15, 0.2) is 11.5 Å². The van der Waals surface area contributed by atoms with Gasteiger partial charge in [0.2, 0.25) is 0 Å². The first kappa shape index (κ1) is 19.3. The van der Waals surface area contributed by atoms with E-state index in [1.54, 1.807) is 30.3 Å². The van der Waals surface area contributed by atoms with Gasteiger partial charge in [-0.05, 0) is 30.5 Å². The van der Waals surface area contributed by atoms with E-state index in [0.717, 1.165) is 10.2 Å². The number of hydrogen-bond acceptors (Lipinski definition) is 3. The van der Waals surface area contributed by atoms with Crippen LogP contribution in [-0.2, 0) is 19.6 Å². The van der Waals surface area contributed by atoms with E-state index in [-0.39, 0.29) is 6.42 Å². The summed E-state index contributed by atoms with van der Waals surface area (Å²) in [7, 11) is 1.20. The fourth-order valence-corrected chi connectivity index (χ4v) is 2.66.